The molecule has 194 valence electrons. The van der Waals surface area contributed by atoms with Gasteiger partial charge in [-0.15, -0.1) is 0 Å². The van der Waals surface area contributed by atoms with Gasteiger partial charge in [0, 0.05) is 37.2 Å². The van der Waals surface area contributed by atoms with Crippen LogP contribution in [0.5, 0.6) is 5.75 Å². The number of aliphatic carboxylic acids is 1. The summed E-state index contributed by atoms with van der Waals surface area (Å²) in [6.45, 7) is 4.61. The van der Waals surface area contributed by atoms with Crippen LogP contribution in [-0.2, 0) is 24.2 Å². The number of ether oxygens (including phenoxy) is 1. The van der Waals surface area contributed by atoms with Crippen LogP contribution in [-0.4, -0.2) is 40.7 Å². The minimum Gasteiger partial charge on any atom is -0.493 e. The Morgan fingerprint density at radius 2 is 1.74 bits per heavy atom. The maximum atomic E-state index is 12.0. The van der Waals surface area contributed by atoms with E-state index in [1.54, 1.807) is 0 Å². The fourth-order valence-corrected chi connectivity index (χ4v) is 4.91. The van der Waals surface area contributed by atoms with E-state index in [4.69, 9.17) is 9.15 Å². The van der Waals surface area contributed by atoms with Crippen molar-refractivity contribution in [2.24, 2.45) is 0 Å². The number of aryl methyl sites for hydroxylation is 1. The van der Waals surface area contributed by atoms with Crippen LogP contribution >= 0.6 is 0 Å². The molecular formula is C32H32N2O4. The highest BCUT2D eigenvalue weighted by Crippen LogP contribution is 2.26. The maximum absolute atomic E-state index is 12.0. The van der Waals surface area contributed by atoms with Crippen molar-refractivity contribution in [1.29, 1.82) is 0 Å². The van der Waals surface area contributed by atoms with Crippen LogP contribution in [0.25, 0.3) is 11.5 Å². The predicted molar refractivity (Wildman–Crippen MR) is 147 cm³/mol. The number of nitrogens with zero attached hydrogens (tertiary/aromatic N) is 2. The fourth-order valence-electron chi connectivity index (χ4n) is 4.91. The molecule has 2 heterocycles. The van der Waals surface area contributed by atoms with Crippen molar-refractivity contribution in [3.8, 4) is 17.2 Å². The van der Waals surface area contributed by atoms with Crippen molar-refractivity contribution in [1.82, 2.24) is 9.88 Å². The lowest BCUT2D eigenvalue weighted by Crippen LogP contribution is -2.33. The molecule has 3 aromatic carbocycles. The normalized spacial score (nSPS) is 14.0. The van der Waals surface area contributed by atoms with Crippen LogP contribution in [0.3, 0.4) is 0 Å². The summed E-state index contributed by atoms with van der Waals surface area (Å²) >= 11 is 0. The largest absolute Gasteiger partial charge is 0.493 e. The lowest BCUT2D eigenvalue weighted by Gasteiger charge is -2.30. The van der Waals surface area contributed by atoms with Crippen molar-refractivity contribution >= 4 is 5.97 Å². The predicted octanol–water partition coefficient (Wildman–Crippen LogP) is 6.10. The van der Waals surface area contributed by atoms with Crippen molar-refractivity contribution in [2.75, 3.05) is 19.7 Å². The summed E-state index contributed by atoms with van der Waals surface area (Å²) in [6, 6.07) is 28.1. The number of benzene rings is 3. The molecule has 0 saturated carbocycles. The SMILES string of the molecule is Cc1oc(-c2ccccc2)nc1CCOc1cccc(CC2=C(C(=O)O)CCN(Cc3ccccc3)C2)c1. The van der Waals surface area contributed by atoms with Gasteiger partial charge in [0.2, 0.25) is 5.89 Å². The van der Waals surface area contributed by atoms with Gasteiger partial charge in [0.25, 0.3) is 0 Å². The first-order chi connectivity index (χ1) is 18.5. The molecule has 0 spiro atoms. The number of hydrogen-bond acceptors (Lipinski definition) is 5. The molecule has 0 bridgehead atoms. The molecule has 6 nitrogen and oxygen atoms in total. The molecule has 0 saturated heterocycles. The molecule has 0 unspecified atom stereocenters. The number of oxazole rings is 1. The second-order valence-electron chi connectivity index (χ2n) is 9.64. The van der Waals surface area contributed by atoms with Gasteiger partial charge >= 0.3 is 5.97 Å². The third-order valence-corrected chi connectivity index (χ3v) is 6.86. The third-order valence-electron chi connectivity index (χ3n) is 6.86. The van der Waals surface area contributed by atoms with Gasteiger partial charge in [-0.05, 0) is 60.7 Å². The average molecular weight is 509 g/mol. The number of hydrogen-bond donors (Lipinski definition) is 1. The first kappa shape index (κ1) is 25.5. The maximum Gasteiger partial charge on any atom is 0.331 e. The summed E-state index contributed by atoms with van der Waals surface area (Å²) in [4.78, 5) is 18.9. The third kappa shape index (κ3) is 6.39. The summed E-state index contributed by atoms with van der Waals surface area (Å²) < 4.78 is 11.9. The van der Waals surface area contributed by atoms with Crippen LogP contribution in [0, 0.1) is 6.92 Å². The van der Waals surface area contributed by atoms with E-state index in [2.05, 4.69) is 22.0 Å². The Hall–Kier alpha value is -4.16. The van der Waals surface area contributed by atoms with E-state index in [0.29, 0.717) is 43.9 Å². The lowest BCUT2D eigenvalue weighted by molar-refractivity contribution is -0.133. The van der Waals surface area contributed by atoms with Crippen LogP contribution in [0.1, 0.15) is 29.0 Å². The van der Waals surface area contributed by atoms with Crippen LogP contribution in [0.2, 0.25) is 0 Å². The Morgan fingerprint density at radius 1 is 1.00 bits per heavy atom. The van der Waals surface area contributed by atoms with E-state index in [0.717, 1.165) is 47.0 Å². The van der Waals surface area contributed by atoms with Crippen LogP contribution in [0.15, 0.2) is 100 Å². The Balaban J connectivity index is 1.21. The molecule has 1 aliphatic rings. The molecule has 5 rings (SSSR count). The zero-order valence-electron chi connectivity index (χ0n) is 21.6. The summed E-state index contributed by atoms with van der Waals surface area (Å²) in [5.74, 6) is 1.37. The summed E-state index contributed by atoms with van der Waals surface area (Å²) in [6.07, 6.45) is 1.78. The Morgan fingerprint density at radius 3 is 2.50 bits per heavy atom. The molecule has 1 N–H and O–H groups in total. The zero-order chi connectivity index (χ0) is 26.3. The average Bonchev–Trinajstić information content (AvgIpc) is 3.30. The van der Waals surface area contributed by atoms with Gasteiger partial charge in [-0.2, -0.15) is 0 Å². The summed E-state index contributed by atoms with van der Waals surface area (Å²) in [5.41, 5.74) is 5.62. The topological polar surface area (TPSA) is 75.8 Å². The fraction of sp³-hybridized carbons (Fsp3) is 0.250. The van der Waals surface area contributed by atoms with Crippen LogP contribution in [0.4, 0.5) is 0 Å². The molecule has 1 aliphatic heterocycles. The number of rotatable bonds is 10. The first-order valence-corrected chi connectivity index (χ1v) is 13.0. The molecule has 0 amide bonds. The minimum absolute atomic E-state index is 0.471. The molecule has 0 aliphatic carbocycles. The van der Waals surface area contributed by atoms with Gasteiger partial charge < -0.3 is 14.3 Å². The quantitative estimate of drug-likeness (QED) is 0.279. The van der Waals surface area contributed by atoms with Crippen molar-refractivity contribution in [3.05, 3.63) is 119 Å². The van der Waals surface area contributed by atoms with E-state index in [9.17, 15) is 9.90 Å². The highest BCUT2D eigenvalue weighted by molar-refractivity contribution is 5.88. The number of aromatic nitrogens is 1. The Kier molecular flexibility index (Phi) is 8.00. The summed E-state index contributed by atoms with van der Waals surface area (Å²) in [5, 5.41) is 9.82. The minimum atomic E-state index is -0.815. The van der Waals surface area contributed by atoms with Crippen molar-refractivity contribution in [3.63, 3.8) is 0 Å². The number of carboxylic acids is 1. The molecule has 0 radical (unpaired) electrons. The standard InChI is InChI=1S/C32H32N2O4/c1-23-30(33-31(38-23)26-12-6-3-7-13-26)16-18-37-28-14-8-11-25(20-28)19-27-22-34(17-15-29(27)32(35)36)21-24-9-4-2-5-10-24/h2-14,20H,15-19,21-22H2,1H3,(H,35,36). The van der Waals surface area contributed by atoms with Gasteiger partial charge in [-0.25, -0.2) is 9.78 Å². The van der Waals surface area contributed by atoms with Crippen molar-refractivity contribution in [2.45, 2.75) is 32.7 Å². The zero-order valence-corrected chi connectivity index (χ0v) is 21.6. The molecule has 4 aromatic rings. The van der Waals surface area contributed by atoms with E-state index < -0.39 is 5.97 Å². The Labute approximate surface area is 223 Å². The number of carbonyl (C=O) groups is 1. The van der Waals surface area contributed by atoms with E-state index in [-0.39, 0.29) is 0 Å². The second kappa shape index (κ2) is 11.9. The van der Waals surface area contributed by atoms with Gasteiger partial charge in [0.1, 0.15) is 11.5 Å². The monoisotopic (exact) mass is 508 g/mol. The molecule has 0 atom stereocenters. The van der Waals surface area contributed by atoms with Gasteiger partial charge in [0.05, 0.1) is 12.3 Å². The highest BCUT2D eigenvalue weighted by Gasteiger charge is 2.23. The Bertz CT molecular complexity index is 1410. The van der Waals surface area contributed by atoms with Crippen LogP contribution < -0.4 is 4.74 Å². The molecule has 6 heteroatoms. The molecule has 1 aromatic heterocycles. The summed E-state index contributed by atoms with van der Waals surface area (Å²) in [7, 11) is 0. The van der Waals surface area contributed by atoms with Crippen molar-refractivity contribution < 1.29 is 19.1 Å². The smallest absolute Gasteiger partial charge is 0.331 e. The highest BCUT2D eigenvalue weighted by atomic mass is 16.5. The first-order valence-electron chi connectivity index (χ1n) is 13.0. The molecule has 38 heavy (non-hydrogen) atoms. The molecule has 0 fully saturated rings. The van der Waals surface area contributed by atoms with Gasteiger partial charge in [-0.3, -0.25) is 4.90 Å². The van der Waals surface area contributed by atoms with Gasteiger partial charge in [0.15, 0.2) is 0 Å². The van der Waals surface area contributed by atoms with Gasteiger partial charge in [-0.1, -0.05) is 60.7 Å². The number of carboxylic acid groups (broad SMARTS) is 1. The second-order valence-corrected chi connectivity index (χ2v) is 9.64. The van der Waals surface area contributed by atoms with E-state index in [1.165, 1.54) is 5.56 Å². The van der Waals surface area contributed by atoms with E-state index >= 15 is 0 Å². The lowest BCUT2D eigenvalue weighted by atomic mass is 9.94. The molecular weight excluding hydrogens is 476 g/mol. The van der Waals surface area contributed by atoms with E-state index in [1.807, 2.05) is 79.7 Å².